The van der Waals surface area contributed by atoms with E-state index in [1.54, 1.807) is 0 Å². The summed E-state index contributed by atoms with van der Waals surface area (Å²) in [5, 5.41) is 0. The van der Waals surface area contributed by atoms with Crippen molar-refractivity contribution in [3.8, 4) is 0 Å². The van der Waals surface area contributed by atoms with E-state index >= 15 is 0 Å². The van der Waals surface area contributed by atoms with Crippen molar-refractivity contribution < 1.29 is 0 Å². The highest BCUT2D eigenvalue weighted by Crippen LogP contribution is 2.17. The zero-order valence-electron chi connectivity index (χ0n) is 5.02. The van der Waals surface area contributed by atoms with Gasteiger partial charge < -0.3 is 0 Å². The Balaban J connectivity index is 3.25. The molecule has 2 radical (unpaired) electrons. The van der Waals surface area contributed by atoms with Crippen molar-refractivity contribution in [1.82, 2.24) is 0 Å². The topological polar surface area (TPSA) is 0 Å². The van der Waals surface area contributed by atoms with E-state index in [0.717, 1.165) is 15.6 Å². The van der Waals surface area contributed by atoms with E-state index in [0.29, 0.717) is 0 Å². The molecule has 0 saturated carbocycles. The van der Waals surface area contributed by atoms with Crippen LogP contribution >= 0.6 is 15.9 Å². The van der Waals surface area contributed by atoms with Crippen LogP contribution in [0.3, 0.4) is 0 Å². The van der Waals surface area contributed by atoms with Crippen molar-refractivity contribution in [2.24, 2.45) is 0 Å². The quantitative estimate of drug-likeness (QED) is 0.580. The molecule has 0 fully saturated rings. The Bertz CT molecular complexity index is 196. The first-order valence-electron chi connectivity index (χ1n) is 2.64. The van der Waals surface area contributed by atoms with Crippen LogP contribution in [0.25, 0.3) is 0 Å². The van der Waals surface area contributed by atoms with Crippen molar-refractivity contribution in [1.29, 1.82) is 0 Å². The lowest BCUT2D eigenvalue weighted by Crippen LogP contribution is -1.79. The fraction of sp³-hybridized carbons (Fsp3) is 0. The Kier molecular flexibility index (Phi) is 1.91. The molecule has 0 heterocycles. The molecule has 0 amide bonds. The minimum absolute atomic E-state index is 0.970. The maximum absolute atomic E-state index is 3.81. The normalized spacial score (nSPS) is 9.67. The predicted octanol–water partition coefficient (Wildman–Crippen LogP) is 2.81. The van der Waals surface area contributed by atoms with Crippen LogP contribution in [-0.2, 0) is 0 Å². The smallest absolute Gasteiger partial charge is 0.0210 e. The lowest BCUT2D eigenvalue weighted by Gasteiger charge is -1.98. The van der Waals surface area contributed by atoms with Gasteiger partial charge in [0.25, 0.3) is 0 Å². The summed E-state index contributed by atoms with van der Waals surface area (Å²) in [5.74, 6) is 0. The SMILES string of the molecule is [CH2]c1cccc(Br)c1[CH2]. The molecule has 1 rings (SSSR count). The molecule has 0 aliphatic heterocycles. The van der Waals surface area contributed by atoms with E-state index in [4.69, 9.17) is 0 Å². The van der Waals surface area contributed by atoms with Crippen LogP contribution in [0, 0.1) is 13.8 Å². The number of hydrogen-bond acceptors (Lipinski definition) is 0. The Morgan fingerprint density at radius 3 is 2.33 bits per heavy atom. The van der Waals surface area contributed by atoms with Gasteiger partial charge in [0.05, 0.1) is 0 Å². The van der Waals surface area contributed by atoms with Crippen molar-refractivity contribution >= 4 is 15.9 Å². The monoisotopic (exact) mass is 182 g/mol. The Morgan fingerprint density at radius 1 is 1.22 bits per heavy atom. The fourth-order valence-corrected chi connectivity index (χ4v) is 1.01. The number of benzene rings is 1. The lowest BCUT2D eigenvalue weighted by atomic mass is 10.1. The first-order valence-corrected chi connectivity index (χ1v) is 3.43. The van der Waals surface area contributed by atoms with Gasteiger partial charge in [-0.15, -0.1) is 0 Å². The average molecular weight is 183 g/mol. The highest BCUT2D eigenvalue weighted by molar-refractivity contribution is 9.10. The van der Waals surface area contributed by atoms with Gasteiger partial charge in [-0.2, -0.15) is 0 Å². The summed E-state index contributed by atoms with van der Waals surface area (Å²) in [6.45, 7) is 7.60. The van der Waals surface area contributed by atoms with Crippen LogP contribution in [-0.4, -0.2) is 0 Å². The third-order valence-electron chi connectivity index (χ3n) is 1.22. The van der Waals surface area contributed by atoms with Gasteiger partial charge in [-0.1, -0.05) is 28.1 Å². The second-order valence-corrected chi connectivity index (χ2v) is 2.73. The van der Waals surface area contributed by atoms with E-state index < -0.39 is 0 Å². The molecule has 0 N–H and O–H groups in total. The molecule has 0 aromatic heterocycles. The standard InChI is InChI=1S/C8H7Br/c1-6-4-3-5-8(9)7(6)2/h3-5H,1-2H2. The van der Waals surface area contributed by atoms with Gasteiger partial charge in [-0.05, 0) is 31.0 Å². The Morgan fingerprint density at radius 2 is 1.89 bits per heavy atom. The molecule has 1 heteroatoms. The van der Waals surface area contributed by atoms with Crippen molar-refractivity contribution in [3.05, 3.63) is 47.6 Å². The molecule has 0 aliphatic rings. The minimum atomic E-state index is 0.970. The van der Waals surface area contributed by atoms with Gasteiger partial charge in [0, 0.05) is 4.47 Å². The summed E-state index contributed by atoms with van der Waals surface area (Å²) in [6.07, 6.45) is 0. The van der Waals surface area contributed by atoms with Gasteiger partial charge >= 0.3 is 0 Å². The van der Waals surface area contributed by atoms with Crippen LogP contribution in [0.4, 0.5) is 0 Å². The molecule has 9 heavy (non-hydrogen) atoms. The third-order valence-corrected chi connectivity index (χ3v) is 1.96. The van der Waals surface area contributed by atoms with Gasteiger partial charge in [-0.3, -0.25) is 0 Å². The van der Waals surface area contributed by atoms with Crippen molar-refractivity contribution in [2.45, 2.75) is 0 Å². The van der Waals surface area contributed by atoms with Crippen LogP contribution in [0.1, 0.15) is 11.1 Å². The first-order chi connectivity index (χ1) is 4.22. The Hall–Kier alpha value is -0.300. The average Bonchev–Trinajstić information content (AvgIpc) is 1.83. The summed E-state index contributed by atoms with van der Waals surface area (Å²) in [6, 6.07) is 5.84. The molecule has 46 valence electrons. The van der Waals surface area contributed by atoms with Gasteiger partial charge in [-0.25, -0.2) is 0 Å². The lowest BCUT2D eigenvalue weighted by molar-refractivity contribution is 1.49. The van der Waals surface area contributed by atoms with Crippen LogP contribution in [0.5, 0.6) is 0 Å². The molecular formula is C8H7Br. The van der Waals surface area contributed by atoms with Gasteiger partial charge in [0.1, 0.15) is 0 Å². The summed E-state index contributed by atoms with van der Waals surface area (Å²) in [4.78, 5) is 0. The fourth-order valence-electron chi connectivity index (χ4n) is 0.603. The zero-order valence-corrected chi connectivity index (χ0v) is 6.61. The molecule has 0 saturated heterocycles. The number of hydrogen-bond donors (Lipinski definition) is 0. The zero-order chi connectivity index (χ0) is 6.85. The van der Waals surface area contributed by atoms with E-state index in [-0.39, 0.29) is 0 Å². The van der Waals surface area contributed by atoms with E-state index in [2.05, 4.69) is 29.8 Å². The number of rotatable bonds is 0. The molecule has 0 spiro atoms. The molecule has 0 unspecified atom stereocenters. The molecule has 0 nitrogen and oxygen atoms in total. The molecule has 1 aromatic rings. The highest BCUT2D eigenvalue weighted by Gasteiger charge is 1.93. The van der Waals surface area contributed by atoms with Gasteiger partial charge in [0.2, 0.25) is 0 Å². The summed E-state index contributed by atoms with van der Waals surface area (Å²) in [7, 11) is 0. The Labute approximate surface area is 64.0 Å². The van der Waals surface area contributed by atoms with Gasteiger partial charge in [0.15, 0.2) is 0 Å². The first kappa shape index (κ1) is 6.81. The molecule has 1 aromatic carbocycles. The van der Waals surface area contributed by atoms with E-state index in [9.17, 15) is 0 Å². The number of halogens is 1. The summed E-state index contributed by atoms with van der Waals surface area (Å²) in [5.41, 5.74) is 1.95. The van der Waals surface area contributed by atoms with Crippen molar-refractivity contribution in [2.75, 3.05) is 0 Å². The molecule has 0 atom stereocenters. The second-order valence-electron chi connectivity index (χ2n) is 1.88. The van der Waals surface area contributed by atoms with Crippen molar-refractivity contribution in [3.63, 3.8) is 0 Å². The summed E-state index contributed by atoms with van der Waals surface area (Å²) >= 11 is 3.34. The molecule has 0 aliphatic carbocycles. The maximum Gasteiger partial charge on any atom is 0.0210 e. The predicted molar refractivity (Wildman–Crippen MR) is 43.1 cm³/mol. The molecule has 0 bridgehead atoms. The third kappa shape index (κ3) is 1.33. The largest absolute Gasteiger partial charge is 0.0609 e. The maximum atomic E-state index is 3.81. The van der Waals surface area contributed by atoms with Crippen LogP contribution < -0.4 is 0 Å². The second kappa shape index (κ2) is 2.53. The van der Waals surface area contributed by atoms with Crippen LogP contribution in [0.15, 0.2) is 22.7 Å². The minimum Gasteiger partial charge on any atom is -0.0609 e. The van der Waals surface area contributed by atoms with E-state index in [1.165, 1.54) is 0 Å². The van der Waals surface area contributed by atoms with E-state index in [1.807, 2.05) is 18.2 Å². The molecular weight excluding hydrogens is 176 g/mol. The highest BCUT2D eigenvalue weighted by atomic mass is 79.9. The summed E-state index contributed by atoms with van der Waals surface area (Å²) < 4.78 is 1.02. The van der Waals surface area contributed by atoms with Crippen LogP contribution in [0.2, 0.25) is 0 Å².